The SMILES string of the molecule is CO[C@@H]1O[C@H](COC(=O)c2ccccc2)[C@H](OC(=O)c2ccccc2)C1OC(=O)c1ccccc1. The lowest BCUT2D eigenvalue weighted by Gasteiger charge is -2.24. The third-order valence-electron chi connectivity index (χ3n) is 5.39. The number of hydrogen-bond donors (Lipinski definition) is 0. The van der Waals surface area contributed by atoms with Crippen LogP contribution in [-0.4, -0.2) is 56.2 Å². The molecule has 0 aromatic heterocycles. The lowest BCUT2D eigenvalue weighted by Crippen LogP contribution is -2.42. The van der Waals surface area contributed by atoms with E-state index in [9.17, 15) is 14.4 Å². The van der Waals surface area contributed by atoms with Crippen LogP contribution >= 0.6 is 0 Å². The Morgan fingerprint density at radius 1 is 0.657 bits per heavy atom. The molecule has 3 aromatic carbocycles. The van der Waals surface area contributed by atoms with Crippen molar-refractivity contribution in [2.24, 2.45) is 0 Å². The van der Waals surface area contributed by atoms with Gasteiger partial charge in [-0.05, 0) is 36.4 Å². The van der Waals surface area contributed by atoms with E-state index in [2.05, 4.69) is 0 Å². The maximum absolute atomic E-state index is 12.8. The lowest BCUT2D eigenvalue weighted by molar-refractivity contribution is -0.155. The summed E-state index contributed by atoms with van der Waals surface area (Å²) in [6, 6.07) is 25.2. The number of benzene rings is 3. The Bertz CT molecular complexity index is 1130. The van der Waals surface area contributed by atoms with Crippen molar-refractivity contribution >= 4 is 17.9 Å². The van der Waals surface area contributed by atoms with Crippen molar-refractivity contribution in [3.63, 3.8) is 0 Å². The second-order valence-corrected chi connectivity index (χ2v) is 7.72. The molecule has 1 aliphatic rings. The molecule has 0 saturated carbocycles. The normalized spacial score (nSPS) is 21.2. The largest absolute Gasteiger partial charge is 0.459 e. The molecule has 1 fully saturated rings. The van der Waals surface area contributed by atoms with Crippen molar-refractivity contribution in [2.45, 2.75) is 24.6 Å². The number of esters is 3. The van der Waals surface area contributed by atoms with E-state index in [-0.39, 0.29) is 6.61 Å². The minimum absolute atomic E-state index is 0.250. The minimum Gasteiger partial charge on any atom is -0.459 e. The van der Waals surface area contributed by atoms with Crippen LogP contribution in [0.1, 0.15) is 31.1 Å². The van der Waals surface area contributed by atoms with Gasteiger partial charge < -0.3 is 23.7 Å². The minimum atomic E-state index is -1.10. The first-order valence-corrected chi connectivity index (χ1v) is 11.0. The van der Waals surface area contributed by atoms with Gasteiger partial charge in [-0.25, -0.2) is 14.4 Å². The number of hydrogen-bond acceptors (Lipinski definition) is 8. The van der Waals surface area contributed by atoms with Gasteiger partial charge in [-0.15, -0.1) is 0 Å². The summed E-state index contributed by atoms with van der Waals surface area (Å²) in [5.41, 5.74) is 0.981. The summed E-state index contributed by atoms with van der Waals surface area (Å²) in [5, 5.41) is 0. The van der Waals surface area contributed by atoms with E-state index in [0.29, 0.717) is 16.7 Å². The van der Waals surface area contributed by atoms with Gasteiger partial charge in [0, 0.05) is 7.11 Å². The topological polar surface area (TPSA) is 97.4 Å². The molecule has 4 atom stereocenters. The predicted octanol–water partition coefficient (Wildman–Crippen LogP) is 3.67. The Morgan fingerprint density at radius 3 is 1.54 bits per heavy atom. The Balaban J connectivity index is 1.54. The van der Waals surface area contributed by atoms with E-state index in [1.54, 1.807) is 91.0 Å². The summed E-state index contributed by atoms with van der Waals surface area (Å²) in [5.74, 6) is -1.85. The molecule has 180 valence electrons. The van der Waals surface area contributed by atoms with Crippen LogP contribution in [0.3, 0.4) is 0 Å². The molecule has 1 saturated heterocycles. The van der Waals surface area contributed by atoms with E-state index in [1.807, 2.05) is 0 Å². The predicted molar refractivity (Wildman–Crippen MR) is 124 cm³/mol. The first-order valence-electron chi connectivity index (χ1n) is 11.0. The molecule has 1 heterocycles. The zero-order chi connectivity index (χ0) is 24.6. The Labute approximate surface area is 202 Å². The molecular weight excluding hydrogens is 452 g/mol. The van der Waals surface area contributed by atoms with Crippen LogP contribution in [-0.2, 0) is 23.7 Å². The third-order valence-corrected chi connectivity index (χ3v) is 5.39. The quantitative estimate of drug-likeness (QED) is 0.359. The highest BCUT2D eigenvalue weighted by molar-refractivity contribution is 5.90. The Hall–Kier alpha value is -4.01. The molecule has 0 radical (unpaired) electrons. The Morgan fingerprint density at radius 2 is 1.09 bits per heavy atom. The molecule has 3 aromatic rings. The van der Waals surface area contributed by atoms with Gasteiger partial charge in [0.15, 0.2) is 18.5 Å². The maximum Gasteiger partial charge on any atom is 0.338 e. The summed E-state index contributed by atoms with van der Waals surface area (Å²) in [6.45, 7) is -0.250. The number of methoxy groups -OCH3 is 1. The summed E-state index contributed by atoms with van der Waals surface area (Å²) in [4.78, 5) is 38.0. The van der Waals surface area contributed by atoms with Crippen molar-refractivity contribution in [1.29, 1.82) is 0 Å². The maximum atomic E-state index is 12.8. The van der Waals surface area contributed by atoms with Crippen LogP contribution in [0.15, 0.2) is 91.0 Å². The van der Waals surface area contributed by atoms with Crippen molar-refractivity contribution in [3.05, 3.63) is 108 Å². The Kier molecular flexibility index (Phi) is 7.87. The van der Waals surface area contributed by atoms with Crippen molar-refractivity contribution in [1.82, 2.24) is 0 Å². The average molecular weight is 476 g/mol. The van der Waals surface area contributed by atoms with Crippen LogP contribution < -0.4 is 0 Å². The fourth-order valence-corrected chi connectivity index (χ4v) is 3.63. The van der Waals surface area contributed by atoms with Crippen LogP contribution in [0.4, 0.5) is 0 Å². The van der Waals surface area contributed by atoms with E-state index >= 15 is 0 Å². The molecule has 0 bridgehead atoms. The summed E-state index contributed by atoms with van der Waals surface area (Å²) < 4.78 is 28.0. The van der Waals surface area contributed by atoms with Gasteiger partial charge in [0.1, 0.15) is 12.7 Å². The lowest BCUT2D eigenvalue weighted by atomic mass is 10.1. The zero-order valence-corrected chi connectivity index (χ0v) is 18.9. The van der Waals surface area contributed by atoms with E-state index < -0.39 is 42.5 Å². The van der Waals surface area contributed by atoms with Gasteiger partial charge in [-0.1, -0.05) is 54.6 Å². The second-order valence-electron chi connectivity index (χ2n) is 7.72. The molecule has 4 rings (SSSR count). The fraction of sp³-hybridized carbons (Fsp3) is 0.222. The molecular formula is C27H24O8. The highest BCUT2D eigenvalue weighted by Crippen LogP contribution is 2.29. The van der Waals surface area contributed by atoms with Gasteiger partial charge in [0.2, 0.25) is 0 Å². The van der Waals surface area contributed by atoms with E-state index in [4.69, 9.17) is 23.7 Å². The number of carbonyl (C=O) groups excluding carboxylic acids is 3. The number of ether oxygens (including phenoxy) is 5. The fourth-order valence-electron chi connectivity index (χ4n) is 3.63. The van der Waals surface area contributed by atoms with E-state index in [0.717, 1.165) is 0 Å². The monoisotopic (exact) mass is 476 g/mol. The number of carbonyl (C=O) groups is 3. The average Bonchev–Trinajstić information content (AvgIpc) is 3.24. The van der Waals surface area contributed by atoms with Gasteiger partial charge in [0.25, 0.3) is 0 Å². The molecule has 0 aliphatic carbocycles. The number of rotatable bonds is 8. The van der Waals surface area contributed by atoms with Gasteiger partial charge >= 0.3 is 17.9 Å². The highest BCUT2D eigenvalue weighted by Gasteiger charge is 2.50. The summed E-state index contributed by atoms with van der Waals surface area (Å²) >= 11 is 0. The first-order chi connectivity index (χ1) is 17.1. The van der Waals surface area contributed by atoms with Crippen LogP contribution in [0.2, 0.25) is 0 Å². The van der Waals surface area contributed by atoms with Crippen LogP contribution in [0.25, 0.3) is 0 Å². The summed E-state index contributed by atoms with van der Waals surface area (Å²) in [6.07, 6.45) is -4.17. The van der Waals surface area contributed by atoms with Crippen LogP contribution in [0.5, 0.6) is 0 Å². The van der Waals surface area contributed by atoms with Crippen LogP contribution in [0, 0.1) is 0 Å². The third kappa shape index (κ3) is 5.92. The summed E-state index contributed by atoms with van der Waals surface area (Å²) in [7, 11) is 1.38. The van der Waals surface area contributed by atoms with Gasteiger partial charge in [0.05, 0.1) is 16.7 Å². The second kappa shape index (κ2) is 11.4. The van der Waals surface area contributed by atoms with Crippen molar-refractivity contribution in [3.8, 4) is 0 Å². The zero-order valence-electron chi connectivity index (χ0n) is 18.9. The van der Waals surface area contributed by atoms with Gasteiger partial charge in [-0.3, -0.25) is 0 Å². The van der Waals surface area contributed by atoms with Crippen molar-refractivity contribution < 1.29 is 38.1 Å². The molecule has 8 nitrogen and oxygen atoms in total. The molecule has 8 heteroatoms. The molecule has 1 aliphatic heterocycles. The smallest absolute Gasteiger partial charge is 0.338 e. The first kappa shape index (κ1) is 24.1. The molecule has 35 heavy (non-hydrogen) atoms. The molecule has 0 spiro atoms. The molecule has 0 amide bonds. The van der Waals surface area contributed by atoms with Crippen molar-refractivity contribution in [2.75, 3.05) is 13.7 Å². The molecule has 1 unspecified atom stereocenters. The standard InChI is InChI=1S/C27H24O8/c1-31-27-23(35-26(30)20-15-9-4-10-16-20)22(34-25(29)19-13-7-3-8-14-19)21(33-27)17-32-24(28)18-11-5-2-6-12-18/h2-16,21-23,27H,17H2,1H3/t21-,22+,23?,27-/m1/s1. The van der Waals surface area contributed by atoms with E-state index in [1.165, 1.54) is 7.11 Å². The highest BCUT2D eigenvalue weighted by atomic mass is 16.7. The van der Waals surface area contributed by atoms with Gasteiger partial charge in [-0.2, -0.15) is 0 Å². The molecule has 0 N–H and O–H groups in total.